The van der Waals surface area contributed by atoms with Gasteiger partial charge in [0.15, 0.2) is 17.7 Å². The first-order valence-corrected chi connectivity index (χ1v) is 16.2. The normalized spacial score (nSPS) is 44.5. The second kappa shape index (κ2) is 14.8. The van der Waals surface area contributed by atoms with Crippen molar-refractivity contribution in [2.75, 3.05) is 21.2 Å². The van der Waals surface area contributed by atoms with Gasteiger partial charge < -0.3 is 39.0 Å². The number of fused-ring (bicyclic) bond motifs is 1. The second-order valence-electron chi connectivity index (χ2n) is 13.7. The number of halogens is 1. The fourth-order valence-electron chi connectivity index (χ4n) is 7.58. The van der Waals surface area contributed by atoms with Crippen LogP contribution in [0.2, 0.25) is 0 Å². The van der Waals surface area contributed by atoms with Gasteiger partial charge >= 0.3 is 12.1 Å². The van der Waals surface area contributed by atoms with Crippen molar-refractivity contribution >= 4 is 23.6 Å². The number of ether oxygens (including phenoxy) is 5. The van der Waals surface area contributed by atoms with E-state index in [2.05, 4.69) is 11.9 Å². The maximum Gasteiger partial charge on any atom is 0.408 e. The summed E-state index contributed by atoms with van der Waals surface area (Å²) in [5.41, 5.74) is -4.73. The molecule has 0 aromatic rings. The number of aliphatic hydroxyl groups excluding tert-OH is 1. The number of cyclic esters (lactones) is 1. The first-order chi connectivity index (χ1) is 21.4. The summed E-state index contributed by atoms with van der Waals surface area (Å²) < 4.78 is 46.6. The smallest absolute Gasteiger partial charge is 0.408 e. The van der Waals surface area contributed by atoms with E-state index in [1.807, 2.05) is 25.9 Å². The molecule has 3 fully saturated rings. The molecule has 0 bridgehead atoms. The Kier molecular flexibility index (Phi) is 12.2. The third-order valence-electron chi connectivity index (χ3n) is 10.3. The van der Waals surface area contributed by atoms with E-state index >= 15 is 4.39 Å². The van der Waals surface area contributed by atoms with Crippen LogP contribution in [0, 0.1) is 23.7 Å². The molecule has 13 heteroatoms. The Labute approximate surface area is 271 Å². The Morgan fingerprint density at radius 3 is 2.26 bits per heavy atom. The van der Waals surface area contributed by atoms with Gasteiger partial charge in [-0.1, -0.05) is 40.7 Å². The number of aliphatic hydroxyl groups is 1. The topological polar surface area (TPSA) is 150 Å². The molecule has 1 amide bonds. The highest BCUT2D eigenvalue weighted by Gasteiger charge is 2.59. The summed E-state index contributed by atoms with van der Waals surface area (Å²) in [6, 6.07) is -1.29. The molecule has 262 valence electrons. The van der Waals surface area contributed by atoms with Crippen LogP contribution in [0.15, 0.2) is 12.7 Å². The molecular weight excluding hydrogens is 603 g/mol. The van der Waals surface area contributed by atoms with Crippen molar-refractivity contribution in [3.8, 4) is 0 Å². The quantitative estimate of drug-likeness (QED) is 0.237. The fourth-order valence-corrected chi connectivity index (χ4v) is 7.58. The summed E-state index contributed by atoms with van der Waals surface area (Å²) in [5, 5.41) is 13.9. The monoisotopic (exact) mass is 656 g/mol. The highest BCUT2D eigenvalue weighted by Crippen LogP contribution is 2.40. The van der Waals surface area contributed by atoms with Gasteiger partial charge in [0, 0.05) is 43.2 Å². The van der Waals surface area contributed by atoms with Gasteiger partial charge in [-0.05, 0) is 40.8 Å². The number of methoxy groups -OCH3 is 1. The van der Waals surface area contributed by atoms with E-state index in [0.717, 1.165) is 6.08 Å². The standard InChI is InChI=1S/C33H53FN2O10/c1-12-14-33(34)28(39)20(7)26(45-29-24(38)21(36(9)10)15-16(3)43-29)19(6)25(42-11)17(4)23(37)18(5)27-32(8,46-31(41)35-27)22(13-2)44-30(33)40/h12,16-22,24-27,29,38H,1,13-15H2,2-11H3,(H,35,41)/t16-,17+,18-,19-,20-,21+,22+,24-,25+,26+,27?,29+,32-,33?/m1/s1. The molecule has 14 atom stereocenters. The molecule has 0 aromatic carbocycles. The minimum Gasteiger partial charge on any atom is -0.455 e. The Bertz CT molecular complexity index is 1150. The predicted octanol–water partition coefficient (Wildman–Crippen LogP) is 2.98. The number of hydrogen-bond acceptors (Lipinski definition) is 11. The summed E-state index contributed by atoms with van der Waals surface area (Å²) in [4.78, 5) is 56.4. The van der Waals surface area contributed by atoms with Gasteiger partial charge in [0.05, 0.1) is 24.4 Å². The average molecular weight is 657 g/mol. The zero-order valence-corrected chi connectivity index (χ0v) is 28.8. The number of Topliss-reactive ketones (excluding diaryl/α,β-unsaturated/α-hetero) is 2. The highest BCUT2D eigenvalue weighted by molar-refractivity contribution is 6.08. The summed E-state index contributed by atoms with van der Waals surface area (Å²) in [5.74, 6) is -6.60. The van der Waals surface area contributed by atoms with Crippen LogP contribution in [0.25, 0.3) is 0 Å². The molecule has 3 rings (SSSR count). The van der Waals surface area contributed by atoms with Gasteiger partial charge in [-0.25, -0.2) is 14.0 Å². The van der Waals surface area contributed by atoms with Crippen molar-refractivity contribution in [1.29, 1.82) is 0 Å². The number of hydrogen-bond donors (Lipinski definition) is 2. The number of allylic oxidation sites excluding steroid dienone is 1. The molecule has 0 aliphatic carbocycles. The van der Waals surface area contributed by atoms with Gasteiger partial charge in [0.2, 0.25) is 0 Å². The fraction of sp³-hybridized carbons (Fsp3) is 0.818. The van der Waals surface area contributed by atoms with E-state index in [4.69, 9.17) is 23.7 Å². The number of amides is 1. The first-order valence-electron chi connectivity index (χ1n) is 16.2. The summed E-state index contributed by atoms with van der Waals surface area (Å²) in [7, 11) is 5.06. The number of carbonyl (C=O) groups excluding carboxylic acids is 4. The van der Waals surface area contributed by atoms with E-state index in [1.165, 1.54) is 21.0 Å². The molecular formula is C33H53FN2O10. The molecule has 0 spiro atoms. The highest BCUT2D eigenvalue weighted by atomic mass is 19.1. The first kappa shape index (κ1) is 38.0. The molecule has 3 saturated heterocycles. The molecule has 0 aromatic heterocycles. The summed E-state index contributed by atoms with van der Waals surface area (Å²) in [6.45, 7) is 15.0. The number of nitrogens with zero attached hydrogens (tertiary/aromatic N) is 1. The summed E-state index contributed by atoms with van der Waals surface area (Å²) >= 11 is 0. The molecule has 3 aliphatic heterocycles. The van der Waals surface area contributed by atoms with Crippen LogP contribution in [0.5, 0.6) is 0 Å². The minimum absolute atomic E-state index is 0.0870. The van der Waals surface area contributed by atoms with Crippen LogP contribution < -0.4 is 5.32 Å². The third kappa shape index (κ3) is 7.03. The number of likely N-dealkylation sites (N-methyl/N-ethyl adjacent to an activating group) is 1. The van der Waals surface area contributed by atoms with E-state index in [-0.39, 0.29) is 24.3 Å². The minimum atomic E-state index is -3.18. The molecule has 3 aliphatic rings. The number of nitrogens with one attached hydrogen (secondary N) is 1. The zero-order valence-electron chi connectivity index (χ0n) is 28.8. The Hall–Kier alpha value is -2.45. The Balaban J connectivity index is 2.19. The number of rotatable bonds is 7. The second-order valence-corrected chi connectivity index (χ2v) is 13.7. The van der Waals surface area contributed by atoms with Gasteiger partial charge in [0.25, 0.3) is 5.67 Å². The third-order valence-corrected chi connectivity index (χ3v) is 10.3. The van der Waals surface area contributed by atoms with Crippen LogP contribution in [0.3, 0.4) is 0 Å². The SMILES string of the molecule is C=CCC1(F)C(=O)O[C@@H](CC)[C@@]2(C)OC(=O)NC2[C@H](C)C(=O)[C@H](C)[C@H](OC)[C@@H](C)[C@H](O[C@@H]2O[C@H](C)C[C@H](N(C)C)[C@H]2O)[C@@H](C)C1=O. The molecule has 0 radical (unpaired) electrons. The van der Waals surface area contributed by atoms with Gasteiger partial charge in [0.1, 0.15) is 18.0 Å². The number of esters is 1. The van der Waals surface area contributed by atoms with Crippen molar-refractivity contribution in [3.05, 3.63) is 12.7 Å². The van der Waals surface area contributed by atoms with Crippen molar-refractivity contribution < 1.29 is 52.4 Å². The van der Waals surface area contributed by atoms with E-state index in [1.54, 1.807) is 27.7 Å². The van der Waals surface area contributed by atoms with E-state index in [9.17, 15) is 24.3 Å². The van der Waals surface area contributed by atoms with Crippen LogP contribution in [0.4, 0.5) is 9.18 Å². The van der Waals surface area contributed by atoms with Gasteiger partial charge in [-0.3, -0.25) is 9.59 Å². The number of carbonyl (C=O) groups is 4. The molecule has 3 heterocycles. The van der Waals surface area contributed by atoms with E-state index in [0.29, 0.717) is 6.42 Å². The maximum absolute atomic E-state index is 17.0. The average Bonchev–Trinajstić information content (AvgIpc) is 3.32. The predicted molar refractivity (Wildman–Crippen MR) is 165 cm³/mol. The molecule has 46 heavy (non-hydrogen) atoms. The van der Waals surface area contributed by atoms with Crippen molar-refractivity contribution in [2.45, 2.75) is 128 Å². The lowest BCUT2D eigenvalue weighted by molar-refractivity contribution is -0.282. The van der Waals surface area contributed by atoms with Crippen molar-refractivity contribution in [1.82, 2.24) is 10.2 Å². The van der Waals surface area contributed by atoms with Crippen LogP contribution >= 0.6 is 0 Å². The molecule has 2 unspecified atom stereocenters. The van der Waals surface area contributed by atoms with Gasteiger partial charge in [-0.15, -0.1) is 6.58 Å². The largest absolute Gasteiger partial charge is 0.455 e. The maximum atomic E-state index is 17.0. The van der Waals surface area contributed by atoms with Crippen molar-refractivity contribution in [3.63, 3.8) is 0 Å². The molecule has 2 N–H and O–H groups in total. The van der Waals surface area contributed by atoms with Crippen molar-refractivity contribution in [2.24, 2.45) is 23.7 Å². The number of alkyl halides is 1. The summed E-state index contributed by atoms with van der Waals surface area (Å²) in [6.07, 6.45) is -5.70. The number of ketones is 2. The lowest BCUT2D eigenvalue weighted by atomic mass is 9.73. The number of alkyl carbamates (subject to hydrolysis) is 1. The Morgan fingerprint density at radius 2 is 1.72 bits per heavy atom. The zero-order chi connectivity index (χ0) is 34.9. The van der Waals surface area contributed by atoms with Crippen LogP contribution in [-0.4, -0.2) is 115 Å². The van der Waals surface area contributed by atoms with Crippen LogP contribution in [0.1, 0.15) is 67.7 Å². The molecule has 0 saturated carbocycles. The van der Waals surface area contributed by atoms with E-state index < -0.39 is 96.0 Å². The lowest BCUT2D eigenvalue weighted by Gasteiger charge is -2.45. The van der Waals surface area contributed by atoms with Gasteiger partial charge in [-0.2, -0.15) is 0 Å². The van der Waals surface area contributed by atoms with Crippen LogP contribution in [-0.2, 0) is 38.1 Å². The molecule has 12 nitrogen and oxygen atoms in total. The Morgan fingerprint density at radius 1 is 1.09 bits per heavy atom. The lowest BCUT2D eigenvalue weighted by Crippen LogP contribution is -2.60.